The van der Waals surface area contributed by atoms with E-state index in [0.717, 1.165) is 11.1 Å². The molecule has 0 saturated carbocycles. The summed E-state index contributed by atoms with van der Waals surface area (Å²) in [6, 6.07) is 5.66. The van der Waals surface area contributed by atoms with Crippen molar-refractivity contribution >= 4 is 21.4 Å². The first-order valence-corrected chi connectivity index (χ1v) is 8.51. The quantitative estimate of drug-likeness (QED) is 0.599. The van der Waals surface area contributed by atoms with Gasteiger partial charge in [-0.25, -0.2) is 8.42 Å². The number of hydrogen-bond donors (Lipinski definition) is 2. The van der Waals surface area contributed by atoms with Gasteiger partial charge in [0.15, 0.2) is 0 Å². The molecule has 3 N–H and O–H groups in total. The SMILES string of the molecule is CCS(=O)(=O)CCCC(NN)c1cc(C)cc(Cl)c1. The van der Waals surface area contributed by atoms with E-state index in [1.165, 1.54) is 0 Å². The van der Waals surface area contributed by atoms with Gasteiger partial charge < -0.3 is 0 Å². The van der Waals surface area contributed by atoms with Crippen LogP contribution in [-0.4, -0.2) is 19.9 Å². The first kappa shape index (κ1) is 16.4. The van der Waals surface area contributed by atoms with Gasteiger partial charge in [-0.05, 0) is 43.0 Å². The summed E-state index contributed by atoms with van der Waals surface area (Å²) in [6.07, 6.45) is 1.24. The largest absolute Gasteiger partial charge is 0.271 e. The van der Waals surface area contributed by atoms with Crippen LogP contribution in [0, 0.1) is 6.92 Å². The van der Waals surface area contributed by atoms with Crippen molar-refractivity contribution in [2.24, 2.45) is 5.84 Å². The minimum absolute atomic E-state index is 0.0792. The first-order chi connectivity index (χ1) is 8.88. The summed E-state index contributed by atoms with van der Waals surface area (Å²) in [5.41, 5.74) is 4.77. The predicted octanol–water partition coefficient (Wildman–Crippen LogP) is 2.37. The van der Waals surface area contributed by atoms with E-state index in [9.17, 15) is 8.42 Å². The number of aryl methyl sites for hydroxylation is 1. The van der Waals surface area contributed by atoms with Crippen molar-refractivity contribution in [3.05, 3.63) is 34.3 Å². The molecule has 1 rings (SSSR count). The lowest BCUT2D eigenvalue weighted by molar-refractivity contribution is 0.507. The van der Waals surface area contributed by atoms with Crippen LogP contribution >= 0.6 is 11.6 Å². The lowest BCUT2D eigenvalue weighted by Gasteiger charge is -2.17. The molecule has 0 radical (unpaired) electrons. The highest BCUT2D eigenvalue weighted by atomic mass is 35.5. The molecule has 0 heterocycles. The van der Waals surface area contributed by atoms with E-state index < -0.39 is 9.84 Å². The lowest BCUT2D eigenvalue weighted by Crippen LogP contribution is -2.28. The van der Waals surface area contributed by atoms with Gasteiger partial charge in [-0.2, -0.15) is 0 Å². The highest BCUT2D eigenvalue weighted by molar-refractivity contribution is 7.91. The average Bonchev–Trinajstić information content (AvgIpc) is 2.33. The second-order valence-electron chi connectivity index (χ2n) is 4.66. The number of rotatable bonds is 7. The fourth-order valence-electron chi connectivity index (χ4n) is 1.96. The Kier molecular flexibility index (Phi) is 6.26. The molecule has 0 aliphatic heterocycles. The van der Waals surface area contributed by atoms with E-state index in [-0.39, 0.29) is 17.5 Å². The molecule has 0 aromatic heterocycles. The number of halogens is 1. The molecule has 0 aliphatic carbocycles. The summed E-state index contributed by atoms with van der Waals surface area (Å²) in [6.45, 7) is 3.62. The summed E-state index contributed by atoms with van der Waals surface area (Å²) in [5, 5.41) is 0.663. The monoisotopic (exact) mass is 304 g/mol. The van der Waals surface area contributed by atoms with E-state index >= 15 is 0 Å². The standard InChI is InChI=1S/C13H21ClN2O2S/c1-3-19(17,18)6-4-5-13(16-15)11-7-10(2)8-12(14)9-11/h7-9,13,16H,3-6,15H2,1-2H3. The van der Waals surface area contributed by atoms with E-state index in [2.05, 4.69) is 5.43 Å². The number of sulfone groups is 1. The summed E-state index contributed by atoms with van der Waals surface area (Å²) in [7, 11) is -2.92. The van der Waals surface area contributed by atoms with Crippen LogP contribution in [0.5, 0.6) is 0 Å². The Bertz CT molecular complexity index is 497. The summed E-state index contributed by atoms with van der Waals surface area (Å²) >= 11 is 6.02. The number of hydrazine groups is 1. The third-order valence-electron chi connectivity index (χ3n) is 3.06. The van der Waals surface area contributed by atoms with Crippen molar-refractivity contribution in [3.63, 3.8) is 0 Å². The Morgan fingerprint density at radius 1 is 1.37 bits per heavy atom. The van der Waals surface area contributed by atoms with Crippen LogP contribution in [0.1, 0.15) is 36.9 Å². The molecule has 1 aromatic carbocycles. The third-order valence-corrected chi connectivity index (χ3v) is 5.06. The van der Waals surface area contributed by atoms with Gasteiger partial charge in [-0.3, -0.25) is 11.3 Å². The molecule has 6 heteroatoms. The van der Waals surface area contributed by atoms with E-state index in [4.69, 9.17) is 17.4 Å². The van der Waals surface area contributed by atoms with Gasteiger partial charge in [0.2, 0.25) is 0 Å². The van der Waals surface area contributed by atoms with Gasteiger partial charge in [0.05, 0.1) is 5.75 Å². The lowest BCUT2D eigenvalue weighted by atomic mass is 10.0. The number of nitrogens with one attached hydrogen (secondary N) is 1. The Balaban J connectivity index is 2.68. The van der Waals surface area contributed by atoms with Gasteiger partial charge in [0, 0.05) is 16.8 Å². The van der Waals surface area contributed by atoms with Gasteiger partial charge >= 0.3 is 0 Å². The predicted molar refractivity (Wildman–Crippen MR) is 79.8 cm³/mol. The summed E-state index contributed by atoms with van der Waals surface area (Å²) < 4.78 is 22.9. The average molecular weight is 305 g/mol. The minimum Gasteiger partial charge on any atom is -0.271 e. The summed E-state index contributed by atoms with van der Waals surface area (Å²) in [4.78, 5) is 0. The Hall–Kier alpha value is -0.620. The normalized spacial score (nSPS) is 13.5. The maximum Gasteiger partial charge on any atom is 0.150 e. The van der Waals surface area contributed by atoms with E-state index in [0.29, 0.717) is 17.9 Å². The van der Waals surface area contributed by atoms with Crippen molar-refractivity contribution < 1.29 is 8.42 Å². The van der Waals surface area contributed by atoms with Crippen LogP contribution in [0.2, 0.25) is 5.02 Å². The second-order valence-corrected chi connectivity index (χ2v) is 7.57. The molecular formula is C13H21ClN2O2S. The molecule has 19 heavy (non-hydrogen) atoms. The molecular weight excluding hydrogens is 284 g/mol. The van der Waals surface area contributed by atoms with E-state index in [1.807, 2.05) is 25.1 Å². The molecule has 0 spiro atoms. The smallest absolute Gasteiger partial charge is 0.150 e. The highest BCUT2D eigenvalue weighted by Crippen LogP contribution is 2.23. The molecule has 108 valence electrons. The molecule has 4 nitrogen and oxygen atoms in total. The van der Waals surface area contributed by atoms with Crippen molar-refractivity contribution in [1.29, 1.82) is 0 Å². The molecule has 0 fully saturated rings. The molecule has 1 aromatic rings. The number of benzene rings is 1. The minimum atomic E-state index is -2.92. The van der Waals surface area contributed by atoms with Crippen molar-refractivity contribution in [2.45, 2.75) is 32.7 Å². The van der Waals surface area contributed by atoms with Crippen LogP contribution < -0.4 is 11.3 Å². The van der Waals surface area contributed by atoms with Crippen LogP contribution in [0.25, 0.3) is 0 Å². The first-order valence-electron chi connectivity index (χ1n) is 6.31. The molecule has 0 saturated heterocycles. The number of nitrogens with two attached hydrogens (primary N) is 1. The maximum absolute atomic E-state index is 11.4. The van der Waals surface area contributed by atoms with E-state index in [1.54, 1.807) is 6.92 Å². The topological polar surface area (TPSA) is 72.2 Å². The Morgan fingerprint density at radius 3 is 2.58 bits per heavy atom. The zero-order chi connectivity index (χ0) is 14.5. The molecule has 0 bridgehead atoms. The van der Waals surface area contributed by atoms with Gasteiger partial charge in [0.25, 0.3) is 0 Å². The molecule has 0 aliphatic rings. The Morgan fingerprint density at radius 2 is 2.05 bits per heavy atom. The zero-order valence-corrected chi connectivity index (χ0v) is 12.9. The fourth-order valence-corrected chi connectivity index (χ4v) is 3.16. The summed E-state index contributed by atoms with van der Waals surface area (Å²) in [5.74, 6) is 5.92. The highest BCUT2D eigenvalue weighted by Gasteiger charge is 2.13. The van der Waals surface area contributed by atoms with Crippen molar-refractivity contribution in [1.82, 2.24) is 5.43 Å². The van der Waals surface area contributed by atoms with Gasteiger partial charge in [-0.15, -0.1) is 0 Å². The van der Waals surface area contributed by atoms with Gasteiger partial charge in [0.1, 0.15) is 9.84 Å². The van der Waals surface area contributed by atoms with Crippen molar-refractivity contribution in [2.75, 3.05) is 11.5 Å². The van der Waals surface area contributed by atoms with Crippen LogP contribution in [-0.2, 0) is 9.84 Å². The second kappa shape index (κ2) is 7.24. The molecule has 1 unspecified atom stereocenters. The zero-order valence-electron chi connectivity index (χ0n) is 11.3. The van der Waals surface area contributed by atoms with Crippen LogP contribution in [0.3, 0.4) is 0 Å². The maximum atomic E-state index is 11.4. The Labute approximate surface area is 120 Å². The fraction of sp³-hybridized carbons (Fsp3) is 0.538. The van der Waals surface area contributed by atoms with Crippen molar-refractivity contribution in [3.8, 4) is 0 Å². The molecule has 0 amide bonds. The third kappa shape index (κ3) is 5.48. The van der Waals surface area contributed by atoms with Gasteiger partial charge in [-0.1, -0.05) is 24.6 Å². The van der Waals surface area contributed by atoms with Crippen LogP contribution in [0.4, 0.5) is 0 Å². The van der Waals surface area contributed by atoms with Crippen LogP contribution in [0.15, 0.2) is 18.2 Å². The molecule has 1 atom stereocenters. The number of hydrogen-bond acceptors (Lipinski definition) is 4.